The Balaban J connectivity index is 2.11. The van der Waals surface area contributed by atoms with Gasteiger partial charge in [-0.2, -0.15) is 0 Å². The largest absolute Gasteiger partial charge is 0.325 e. The molecule has 6 nitrogen and oxygen atoms in total. The Morgan fingerprint density at radius 3 is 2.72 bits per heavy atom. The number of rotatable bonds is 3. The molecule has 18 heavy (non-hydrogen) atoms. The van der Waals surface area contributed by atoms with Gasteiger partial charge in [0.15, 0.2) is 0 Å². The van der Waals surface area contributed by atoms with Gasteiger partial charge in [0.05, 0.1) is 11.9 Å². The molecule has 1 aliphatic rings. The number of likely N-dealkylation sites (N-methyl/N-ethyl adjacent to an activating group) is 1. The third-order valence-electron chi connectivity index (χ3n) is 2.82. The summed E-state index contributed by atoms with van der Waals surface area (Å²) in [5.74, 6) is 0.476. The highest BCUT2D eigenvalue weighted by Crippen LogP contribution is 2.19. The number of nitrogens with one attached hydrogen (secondary N) is 1. The molecule has 0 atom stereocenters. The first-order valence-electron chi connectivity index (χ1n) is 5.92. The molecule has 1 aliphatic heterocycles. The van der Waals surface area contributed by atoms with Crippen LogP contribution in [0.3, 0.4) is 0 Å². The summed E-state index contributed by atoms with van der Waals surface area (Å²) in [5, 5.41) is 2.64. The van der Waals surface area contributed by atoms with Gasteiger partial charge in [0, 0.05) is 26.6 Å². The molecule has 0 aromatic carbocycles. The van der Waals surface area contributed by atoms with E-state index < -0.39 is 0 Å². The summed E-state index contributed by atoms with van der Waals surface area (Å²) in [4.78, 5) is 30.4. The van der Waals surface area contributed by atoms with Crippen molar-refractivity contribution in [2.75, 3.05) is 29.9 Å². The summed E-state index contributed by atoms with van der Waals surface area (Å²) in [5.41, 5.74) is 0.630. The number of hydrogen-bond donors (Lipinski definition) is 1. The normalized spacial score (nSPS) is 15.1. The van der Waals surface area contributed by atoms with Crippen molar-refractivity contribution in [1.29, 1.82) is 0 Å². The zero-order valence-electron chi connectivity index (χ0n) is 10.5. The smallest absolute Gasteiger partial charge is 0.325 e. The van der Waals surface area contributed by atoms with Crippen molar-refractivity contribution in [3.8, 4) is 0 Å². The molecule has 1 N–H and O–H groups in total. The van der Waals surface area contributed by atoms with Crippen LogP contribution in [0.25, 0.3) is 0 Å². The van der Waals surface area contributed by atoms with E-state index in [0.29, 0.717) is 24.6 Å². The highest BCUT2D eigenvalue weighted by atomic mass is 16.2. The number of carbonyl (C=O) groups excluding carboxylic acids is 2. The molecule has 1 aromatic rings. The number of anilines is 2. The fourth-order valence-corrected chi connectivity index (χ4v) is 1.91. The lowest BCUT2D eigenvalue weighted by atomic mass is 10.4. The molecule has 0 bridgehead atoms. The molecule has 96 valence electrons. The Kier molecular flexibility index (Phi) is 3.45. The fourth-order valence-electron chi connectivity index (χ4n) is 1.91. The molecule has 0 aliphatic carbocycles. The lowest BCUT2D eigenvalue weighted by Gasteiger charge is -2.16. The zero-order chi connectivity index (χ0) is 13.1. The van der Waals surface area contributed by atoms with Crippen LogP contribution in [0.15, 0.2) is 18.3 Å². The van der Waals surface area contributed by atoms with E-state index in [2.05, 4.69) is 10.3 Å². The van der Waals surface area contributed by atoms with Gasteiger partial charge in [0.1, 0.15) is 5.82 Å². The van der Waals surface area contributed by atoms with Gasteiger partial charge in [-0.05, 0) is 19.1 Å². The molecule has 1 fully saturated rings. The van der Waals surface area contributed by atoms with Gasteiger partial charge in [0.25, 0.3) is 0 Å². The monoisotopic (exact) mass is 248 g/mol. The van der Waals surface area contributed by atoms with Gasteiger partial charge in [0.2, 0.25) is 5.91 Å². The molecule has 0 radical (unpaired) electrons. The number of pyridine rings is 1. The van der Waals surface area contributed by atoms with E-state index in [0.717, 1.165) is 6.54 Å². The lowest BCUT2D eigenvalue weighted by molar-refractivity contribution is -0.114. The van der Waals surface area contributed by atoms with E-state index >= 15 is 0 Å². The number of carbonyl (C=O) groups is 2. The summed E-state index contributed by atoms with van der Waals surface area (Å²) in [6.45, 7) is 5.48. The minimum absolute atomic E-state index is 0.0164. The first-order valence-corrected chi connectivity index (χ1v) is 5.92. The maximum Gasteiger partial charge on any atom is 0.325 e. The van der Waals surface area contributed by atoms with Gasteiger partial charge in [-0.3, -0.25) is 9.69 Å². The standard InChI is InChI=1S/C12H16N4O2/c1-3-15-6-7-16(12(15)18)11-5-4-10(8-13-11)14-9(2)17/h4-5,8H,3,6-7H2,1-2H3,(H,14,17). The number of nitrogens with zero attached hydrogens (tertiary/aromatic N) is 3. The topological polar surface area (TPSA) is 65.5 Å². The SMILES string of the molecule is CCN1CCN(c2ccc(NC(C)=O)cn2)C1=O. The quantitative estimate of drug-likeness (QED) is 0.876. The van der Waals surface area contributed by atoms with E-state index in [9.17, 15) is 9.59 Å². The van der Waals surface area contributed by atoms with Crippen molar-refractivity contribution >= 4 is 23.4 Å². The second-order valence-corrected chi connectivity index (χ2v) is 4.10. The van der Waals surface area contributed by atoms with Crippen LogP contribution in [0.5, 0.6) is 0 Å². The second-order valence-electron chi connectivity index (χ2n) is 4.10. The van der Waals surface area contributed by atoms with E-state index in [4.69, 9.17) is 0 Å². The van der Waals surface area contributed by atoms with Crippen LogP contribution in [0.4, 0.5) is 16.3 Å². The van der Waals surface area contributed by atoms with E-state index in [1.165, 1.54) is 6.92 Å². The lowest BCUT2D eigenvalue weighted by Crippen LogP contribution is -2.32. The van der Waals surface area contributed by atoms with Crippen LogP contribution in [-0.4, -0.2) is 41.5 Å². The van der Waals surface area contributed by atoms with E-state index in [1.54, 1.807) is 28.1 Å². The van der Waals surface area contributed by atoms with Crippen molar-refractivity contribution in [2.45, 2.75) is 13.8 Å². The minimum Gasteiger partial charge on any atom is -0.325 e. The predicted molar refractivity (Wildman–Crippen MR) is 68.5 cm³/mol. The Hall–Kier alpha value is -2.11. The first-order chi connectivity index (χ1) is 8.61. The molecule has 2 heterocycles. The number of aromatic nitrogens is 1. The van der Waals surface area contributed by atoms with E-state index in [1.807, 2.05) is 6.92 Å². The molecule has 1 saturated heterocycles. The molecule has 0 unspecified atom stereocenters. The average Bonchev–Trinajstić information content (AvgIpc) is 2.71. The van der Waals surface area contributed by atoms with Crippen LogP contribution in [0.1, 0.15) is 13.8 Å². The Morgan fingerprint density at radius 1 is 1.44 bits per heavy atom. The number of amides is 3. The molecule has 2 rings (SSSR count). The van der Waals surface area contributed by atoms with E-state index in [-0.39, 0.29) is 11.9 Å². The highest BCUT2D eigenvalue weighted by molar-refractivity contribution is 5.93. The zero-order valence-corrected chi connectivity index (χ0v) is 10.5. The van der Waals surface area contributed by atoms with Crippen molar-refractivity contribution in [1.82, 2.24) is 9.88 Å². The van der Waals surface area contributed by atoms with Gasteiger partial charge < -0.3 is 10.2 Å². The molecule has 0 spiro atoms. The van der Waals surface area contributed by atoms with Crippen LogP contribution >= 0.6 is 0 Å². The van der Waals surface area contributed by atoms with Crippen molar-refractivity contribution in [3.63, 3.8) is 0 Å². The maximum absolute atomic E-state index is 11.9. The summed E-state index contributed by atoms with van der Waals surface area (Å²) >= 11 is 0. The molecule has 0 saturated carbocycles. The molecule has 6 heteroatoms. The van der Waals surface area contributed by atoms with Crippen LogP contribution < -0.4 is 10.2 Å². The fraction of sp³-hybridized carbons (Fsp3) is 0.417. The maximum atomic E-state index is 11.9. The number of urea groups is 1. The highest BCUT2D eigenvalue weighted by Gasteiger charge is 2.28. The average molecular weight is 248 g/mol. The second kappa shape index (κ2) is 5.03. The first kappa shape index (κ1) is 12.3. The Morgan fingerprint density at radius 2 is 2.22 bits per heavy atom. The van der Waals surface area contributed by atoms with Gasteiger partial charge in [-0.25, -0.2) is 9.78 Å². The summed E-state index contributed by atoms with van der Waals surface area (Å²) in [6, 6.07) is 3.46. The van der Waals surface area contributed by atoms with Crippen LogP contribution in [0.2, 0.25) is 0 Å². The summed E-state index contributed by atoms with van der Waals surface area (Å²) in [6.07, 6.45) is 1.55. The van der Waals surface area contributed by atoms with Crippen molar-refractivity contribution in [2.24, 2.45) is 0 Å². The van der Waals surface area contributed by atoms with Gasteiger partial charge in [-0.1, -0.05) is 0 Å². The van der Waals surface area contributed by atoms with Gasteiger partial charge >= 0.3 is 6.03 Å². The van der Waals surface area contributed by atoms with Crippen molar-refractivity contribution < 1.29 is 9.59 Å². The predicted octanol–water partition coefficient (Wildman–Crippen LogP) is 1.30. The Labute approximate surface area is 106 Å². The Bertz CT molecular complexity index is 458. The van der Waals surface area contributed by atoms with Gasteiger partial charge in [-0.15, -0.1) is 0 Å². The number of hydrogen-bond acceptors (Lipinski definition) is 3. The van der Waals surface area contributed by atoms with Crippen molar-refractivity contribution in [3.05, 3.63) is 18.3 Å². The molecular formula is C12H16N4O2. The van der Waals surface area contributed by atoms with Crippen LogP contribution in [-0.2, 0) is 4.79 Å². The minimum atomic E-state index is -0.140. The van der Waals surface area contributed by atoms with Crippen LogP contribution in [0, 0.1) is 0 Å². The summed E-state index contributed by atoms with van der Waals surface area (Å²) < 4.78 is 0. The molecule has 1 aromatic heterocycles. The third-order valence-corrected chi connectivity index (χ3v) is 2.82. The summed E-state index contributed by atoms with van der Waals surface area (Å²) in [7, 11) is 0. The molecule has 3 amide bonds. The molecular weight excluding hydrogens is 232 g/mol. The third kappa shape index (κ3) is 2.42.